The van der Waals surface area contributed by atoms with Gasteiger partial charge in [-0.3, -0.25) is 15.6 Å². The summed E-state index contributed by atoms with van der Waals surface area (Å²) in [5.74, 6) is 0.509. The van der Waals surface area contributed by atoms with Crippen LogP contribution in [0, 0.1) is 34.4 Å². The maximum atomic E-state index is 14.1. The van der Waals surface area contributed by atoms with Crippen molar-refractivity contribution in [1.29, 1.82) is 10.8 Å². The van der Waals surface area contributed by atoms with E-state index in [1.807, 2.05) is 34.6 Å². The predicted molar refractivity (Wildman–Crippen MR) is 140 cm³/mol. The molecule has 1 fully saturated rings. The van der Waals surface area contributed by atoms with Crippen LogP contribution < -0.4 is 0 Å². The third kappa shape index (κ3) is 7.82. The molecule has 1 atom stereocenters. The lowest BCUT2D eigenvalue weighted by Gasteiger charge is -2.25. The number of carbonyl (C=O) groups is 1. The first-order valence-electron chi connectivity index (χ1n) is 12.3. The highest BCUT2D eigenvalue weighted by Gasteiger charge is 2.36. The van der Waals surface area contributed by atoms with Gasteiger partial charge >= 0.3 is 0 Å². The Labute approximate surface area is 208 Å². The number of nitrogens with one attached hydrogen (secondary N) is 2. The molecule has 0 amide bonds. The Morgan fingerprint density at radius 3 is 2.11 bits per heavy atom. The number of hydrogen-bond donors (Lipinski definition) is 3. The number of halogens is 1. The lowest BCUT2D eigenvalue weighted by molar-refractivity contribution is 0.0155. The molecule has 2 aromatic rings. The monoisotopic (exact) mass is 482 g/mol. The third-order valence-corrected chi connectivity index (χ3v) is 6.49. The van der Waals surface area contributed by atoms with Crippen molar-refractivity contribution in [3.63, 3.8) is 0 Å². The van der Waals surface area contributed by atoms with Gasteiger partial charge in [0, 0.05) is 24.0 Å². The van der Waals surface area contributed by atoms with Crippen molar-refractivity contribution in [1.82, 2.24) is 0 Å². The molecule has 0 bridgehead atoms. The minimum absolute atomic E-state index is 0.0172. The van der Waals surface area contributed by atoms with Gasteiger partial charge < -0.3 is 9.84 Å². The number of carbonyl (C=O) groups excluding carboxylic acids is 1. The number of rotatable bonds is 7. The molecular weight excluding hydrogens is 443 g/mol. The second-order valence-corrected chi connectivity index (χ2v) is 10.2. The minimum atomic E-state index is -0.457. The van der Waals surface area contributed by atoms with Gasteiger partial charge in [0.1, 0.15) is 5.82 Å². The van der Waals surface area contributed by atoms with Gasteiger partial charge in [0.15, 0.2) is 11.7 Å². The molecule has 0 spiro atoms. The average molecular weight is 483 g/mol. The fourth-order valence-electron chi connectivity index (χ4n) is 3.94. The van der Waals surface area contributed by atoms with E-state index < -0.39 is 5.60 Å². The normalized spacial score (nSPS) is 14.1. The van der Waals surface area contributed by atoms with Gasteiger partial charge in [-0.1, -0.05) is 39.8 Å². The molecule has 5 nitrogen and oxygen atoms in total. The number of ether oxygens (including phenoxy) is 1. The summed E-state index contributed by atoms with van der Waals surface area (Å²) < 4.78 is 19.1. The topological polar surface area (TPSA) is 94.2 Å². The highest BCUT2D eigenvalue weighted by atomic mass is 19.1. The average Bonchev–Trinajstić information content (AvgIpc) is 3.62. The number of benzene rings is 2. The molecule has 190 valence electrons. The molecule has 3 rings (SSSR count). The van der Waals surface area contributed by atoms with Crippen molar-refractivity contribution >= 4 is 17.6 Å². The van der Waals surface area contributed by atoms with Crippen molar-refractivity contribution in [2.45, 2.75) is 73.3 Å². The third-order valence-electron chi connectivity index (χ3n) is 6.49. The Morgan fingerprint density at radius 1 is 1.14 bits per heavy atom. The number of Topliss-reactive ketones (excluding diaryl/α,β-unsaturated/α-hetero) is 1. The van der Waals surface area contributed by atoms with Crippen molar-refractivity contribution in [2.24, 2.45) is 17.8 Å². The fourth-order valence-corrected chi connectivity index (χ4v) is 3.94. The number of aryl methyl sites for hydroxylation is 1. The first-order chi connectivity index (χ1) is 16.3. The second kappa shape index (κ2) is 11.7. The molecule has 0 saturated heterocycles. The minimum Gasteiger partial charge on any atom is -0.426 e. The molecular formula is C29H39FN2O3. The zero-order valence-corrected chi connectivity index (χ0v) is 22.0. The summed E-state index contributed by atoms with van der Waals surface area (Å²) in [6.45, 7) is 12.9. The van der Waals surface area contributed by atoms with E-state index in [4.69, 9.17) is 15.6 Å². The molecule has 1 unspecified atom stereocenters. The Kier molecular flexibility index (Phi) is 9.50. The second-order valence-electron chi connectivity index (χ2n) is 10.2. The summed E-state index contributed by atoms with van der Waals surface area (Å²) >= 11 is 0. The van der Waals surface area contributed by atoms with E-state index in [-0.39, 0.29) is 29.3 Å². The van der Waals surface area contributed by atoms with Gasteiger partial charge in [0.05, 0.1) is 5.60 Å². The lowest BCUT2D eigenvalue weighted by Crippen LogP contribution is -2.29. The maximum Gasteiger partial charge on any atom is 0.220 e. The predicted octanol–water partition coefficient (Wildman–Crippen LogP) is 7.04. The van der Waals surface area contributed by atoms with Crippen LogP contribution in [0.3, 0.4) is 0 Å². The summed E-state index contributed by atoms with van der Waals surface area (Å²) in [6.07, 6.45) is 3.21. The van der Waals surface area contributed by atoms with Crippen LogP contribution in [0.5, 0.6) is 0 Å². The van der Waals surface area contributed by atoms with Crippen LogP contribution in [-0.2, 0) is 11.2 Å². The van der Waals surface area contributed by atoms with Gasteiger partial charge in [0.2, 0.25) is 5.90 Å². The maximum absolute atomic E-state index is 14.1. The molecule has 0 aliphatic heterocycles. The summed E-state index contributed by atoms with van der Waals surface area (Å²) in [7, 11) is 0. The van der Waals surface area contributed by atoms with Gasteiger partial charge in [-0.2, -0.15) is 0 Å². The highest BCUT2D eigenvalue weighted by Crippen LogP contribution is 2.41. The molecule has 0 aromatic heterocycles. The lowest BCUT2D eigenvalue weighted by atomic mass is 9.87. The number of ketones is 1. The summed E-state index contributed by atoms with van der Waals surface area (Å²) in [4.78, 5) is 12.7. The molecule has 0 heterocycles. The van der Waals surface area contributed by atoms with E-state index in [1.165, 1.54) is 31.9 Å². The Hall–Kier alpha value is -2.86. The molecule has 6 heteroatoms. The molecule has 0 radical (unpaired) electrons. The van der Waals surface area contributed by atoms with Gasteiger partial charge in [-0.25, -0.2) is 4.39 Å². The SMILES string of the molecule is CC(C1CC1)C(C)(C)O.CCc1cc(F)cc(-c2ccc(C(=N)OC(C)=N)cc2)c1C(=O)C(C)C. The molecule has 1 saturated carbocycles. The zero-order chi connectivity index (χ0) is 26.5. The van der Waals surface area contributed by atoms with Crippen molar-refractivity contribution in [3.05, 3.63) is 58.9 Å². The highest BCUT2D eigenvalue weighted by molar-refractivity contribution is 6.05. The number of aliphatic hydroxyl groups is 1. The van der Waals surface area contributed by atoms with E-state index >= 15 is 0 Å². The first-order valence-corrected chi connectivity index (χ1v) is 12.3. The standard InChI is InChI=1S/C21H23FN2O2.C8H16O/c1-5-14-10-17(22)11-18(19(14)20(25)12(2)3)15-6-8-16(9-7-15)21(24)26-13(4)23;1-6(7-4-5-7)8(2,3)9/h6-12,23-24H,5H2,1-4H3;6-7,9H,4-5H2,1-3H3. The van der Waals surface area contributed by atoms with Gasteiger partial charge in [-0.05, 0) is 85.9 Å². The van der Waals surface area contributed by atoms with Gasteiger partial charge in [-0.15, -0.1) is 0 Å². The van der Waals surface area contributed by atoms with Crippen molar-refractivity contribution in [2.75, 3.05) is 0 Å². The van der Waals surface area contributed by atoms with E-state index in [0.29, 0.717) is 40.2 Å². The Bertz CT molecular complexity index is 1060. The first kappa shape index (κ1) is 28.4. The van der Waals surface area contributed by atoms with Crippen molar-refractivity contribution in [3.8, 4) is 11.1 Å². The van der Waals surface area contributed by atoms with Crippen LogP contribution in [0.25, 0.3) is 11.1 Å². The largest absolute Gasteiger partial charge is 0.426 e. The van der Waals surface area contributed by atoms with E-state index in [0.717, 1.165) is 5.92 Å². The number of hydrogen-bond acceptors (Lipinski definition) is 5. The fraction of sp³-hybridized carbons (Fsp3) is 0.483. The molecule has 1 aliphatic rings. The van der Waals surface area contributed by atoms with Crippen LogP contribution in [0.15, 0.2) is 36.4 Å². The van der Waals surface area contributed by atoms with Crippen LogP contribution in [0.1, 0.15) is 82.8 Å². The van der Waals surface area contributed by atoms with E-state index in [1.54, 1.807) is 24.3 Å². The summed E-state index contributed by atoms with van der Waals surface area (Å²) in [5, 5.41) is 24.6. The Balaban J connectivity index is 0.000000402. The van der Waals surface area contributed by atoms with Crippen LogP contribution in [-0.4, -0.2) is 28.3 Å². The summed E-state index contributed by atoms with van der Waals surface area (Å²) in [6, 6.07) is 9.61. The van der Waals surface area contributed by atoms with E-state index in [9.17, 15) is 14.3 Å². The van der Waals surface area contributed by atoms with Crippen LogP contribution >= 0.6 is 0 Å². The quantitative estimate of drug-likeness (QED) is 0.224. The zero-order valence-electron chi connectivity index (χ0n) is 22.0. The summed E-state index contributed by atoms with van der Waals surface area (Å²) in [5.41, 5.74) is 2.55. The van der Waals surface area contributed by atoms with Crippen LogP contribution in [0.2, 0.25) is 0 Å². The molecule has 3 N–H and O–H groups in total. The Morgan fingerprint density at radius 2 is 1.71 bits per heavy atom. The smallest absolute Gasteiger partial charge is 0.220 e. The van der Waals surface area contributed by atoms with Crippen LogP contribution in [0.4, 0.5) is 4.39 Å². The molecule has 35 heavy (non-hydrogen) atoms. The molecule has 2 aromatic carbocycles. The van der Waals surface area contributed by atoms with Crippen molar-refractivity contribution < 1.29 is 19.0 Å². The molecule has 1 aliphatic carbocycles. The van der Waals surface area contributed by atoms with E-state index in [2.05, 4.69) is 6.92 Å². The van der Waals surface area contributed by atoms with Gasteiger partial charge in [0.25, 0.3) is 0 Å².